The zero-order valence-electron chi connectivity index (χ0n) is 12.9. The van der Waals surface area contributed by atoms with Crippen LogP contribution in [0.1, 0.15) is 39.0 Å². The van der Waals surface area contributed by atoms with Gasteiger partial charge in [0.1, 0.15) is 0 Å². The minimum atomic E-state index is -0.551. The van der Waals surface area contributed by atoms with E-state index >= 15 is 0 Å². The molecule has 5 nitrogen and oxygen atoms in total. The van der Waals surface area contributed by atoms with Crippen molar-refractivity contribution in [3.63, 3.8) is 0 Å². The maximum absolute atomic E-state index is 11.7. The van der Waals surface area contributed by atoms with Crippen molar-refractivity contribution in [2.75, 3.05) is 33.4 Å². The number of piperidine rings is 1. The van der Waals surface area contributed by atoms with Gasteiger partial charge in [0.15, 0.2) is 0 Å². The van der Waals surface area contributed by atoms with E-state index in [4.69, 9.17) is 10.5 Å². The number of likely N-dealkylation sites (tertiary alicyclic amines) is 1. The van der Waals surface area contributed by atoms with E-state index in [0.717, 1.165) is 32.7 Å². The molecule has 1 aliphatic heterocycles. The van der Waals surface area contributed by atoms with Crippen LogP contribution in [0.3, 0.4) is 0 Å². The number of carbonyl (C=O) groups is 1. The third kappa shape index (κ3) is 4.43. The van der Waals surface area contributed by atoms with Gasteiger partial charge in [-0.25, -0.2) is 0 Å². The van der Waals surface area contributed by atoms with E-state index in [1.807, 2.05) is 6.92 Å². The molecule has 1 unspecified atom stereocenters. The van der Waals surface area contributed by atoms with Gasteiger partial charge in [0.25, 0.3) is 0 Å². The molecule has 2 aliphatic rings. The lowest BCUT2D eigenvalue weighted by atomic mass is 9.94. The summed E-state index contributed by atoms with van der Waals surface area (Å²) in [5.41, 5.74) is 5.04. The van der Waals surface area contributed by atoms with Crippen LogP contribution < -0.4 is 11.1 Å². The van der Waals surface area contributed by atoms with Gasteiger partial charge in [-0.3, -0.25) is 4.79 Å². The van der Waals surface area contributed by atoms with E-state index in [1.165, 1.54) is 25.7 Å². The number of nitrogens with zero attached hydrogens (tertiary/aromatic N) is 1. The predicted molar refractivity (Wildman–Crippen MR) is 79.4 cm³/mol. The summed E-state index contributed by atoms with van der Waals surface area (Å²) in [5, 5.41) is 3.41. The van der Waals surface area contributed by atoms with Crippen LogP contribution in [-0.2, 0) is 9.53 Å². The fourth-order valence-corrected chi connectivity index (χ4v) is 2.94. The van der Waals surface area contributed by atoms with E-state index in [-0.39, 0.29) is 5.91 Å². The topological polar surface area (TPSA) is 67.6 Å². The Morgan fingerprint density at radius 1 is 1.35 bits per heavy atom. The minimum Gasteiger partial charge on any atom is -0.384 e. The van der Waals surface area contributed by atoms with Gasteiger partial charge >= 0.3 is 0 Å². The SMILES string of the molecule is COCC1CCN(CCC(C)(NC2CC2)C(N)=O)CC1. The third-order valence-electron chi connectivity index (χ3n) is 4.68. The van der Waals surface area contributed by atoms with E-state index in [0.29, 0.717) is 12.0 Å². The molecule has 0 aromatic carbocycles. The largest absolute Gasteiger partial charge is 0.384 e. The molecule has 2 fully saturated rings. The number of ether oxygens (including phenoxy) is 1. The Kier molecular flexibility index (Phi) is 5.41. The first-order valence-corrected chi connectivity index (χ1v) is 7.82. The summed E-state index contributed by atoms with van der Waals surface area (Å²) in [6, 6.07) is 0.500. The lowest BCUT2D eigenvalue weighted by Crippen LogP contribution is -2.55. The number of hydrogen-bond acceptors (Lipinski definition) is 4. The van der Waals surface area contributed by atoms with Crippen LogP contribution in [0.5, 0.6) is 0 Å². The first kappa shape index (κ1) is 15.7. The molecule has 1 aliphatic carbocycles. The van der Waals surface area contributed by atoms with Gasteiger partial charge in [-0.05, 0) is 58.0 Å². The average Bonchev–Trinajstić information content (AvgIpc) is 3.22. The van der Waals surface area contributed by atoms with E-state index in [9.17, 15) is 4.79 Å². The molecule has 1 atom stereocenters. The van der Waals surface area contributed by atoms with Gasteiger partial charge in [-0.15, -0.1) is 0 Å². The lowest BCUT2D eigenvalue weighted by molar-refractivity contribution is -0.124. The van der Waals surface area contributed by atoms with Gasteiger partial charge in [0, 0.05) is 26.3 Å². The molecule has 2 rings (SSSR count). The van der Waals surface area contributed by atoms with Crippen molar-refractivity contribution in [3.05, 3.63) is 0 Å². The summed E-state index contributed by atoms with van der Waals surface area (Å²) >= 11 is 0. The zero-order valence-corrected chi connectivity index (χ0v) is 12.9. The van der Waals surface area contributed by atoms with Crippen LogP contribution in [-0.4, -0.2) is 55.7 Å². The molecule has 5 heteroatoms. The van der Waals surface area contributed by atoms with Gasteiger partial charge in [-0.1, -0.05) is 0 Å². The standard InChI is InChI=1S/C15H29N3O2/c1-15(14(16)19,17-13-3-4-13)7-10-18-8-5-12(6-9-18)11-20-2/h12-13,17H,3-11H2,1-2H3,(H2,16,19). The normalized spacial score (nSPS) is 24.5. The van der Waals surface area contributed by atoms with Crippen molar-refractivity contribution < 1.29 is 9.53 Å². The molecule has 116 valence electrons. The molecule has 1 amide bonds. The van der Waals surface area contributed by atoms with Gasteiger partial charge in [0.05, 0.1) is 5.54 Å². The van der Waals surface area contributed by atoms with Crippen molar-refractivity contribution in [2.24, 2.45) is 11.7 Å². The minimum absolute atomic E-state index is 0.223. The van der Waals surface area contributed by atoms with Gasteiger partial charge < -0.3 is 20.7 Å². The highest BCUT2D eigenvalue weighted by atomic mass is 16.5. The van der Waals surface area contributed by atoms with E-state index in [1.54, 1.807) is 7.11 Å². The Bertz CT molecular complexity index is 325. The van der Waals surface area contributed by atoms with Crippen LogP contribution in [0, 0.1) is 5.92 Å². The number of methoxy groups -OCH3 is 1. The number of amides is 1. The number of nitrogens with one attached hydrogen (secondary N) is 1. The summed E-state index contributed by atoms with van der Waals surface area (Å²) in [6.07, 6.45) is 5.53. The van der Waals surface area contributed by atoms with Crippen LogP contribution in [0.25, 0.3) is 0 Å². The highest BCUT2D eigenvalue weighted by Gasteiger charge is 2.37. The van der Waals surface area contributed by atoms with Crippen molar-refractivity contribution in [3.8, 4) is 0 Å². The third-order valence-corrected chi connectivity index (χ3v) is 4.68. The number of rotatable bonds is 8. The fraction of sp³-hybridized carbons (Fsp3) is 0.933. The molecule has 3 N–H and O–H groups in total. The Morgan fingerprint density at radius 3 is 2.50 bits per heavy atom. The van der Waals surface area contributed by atoms with E-state index < -0.39 is 5.54 Å². The second-order valence-electron chi connectivity index (χ2n) is 6.61. The van der Waals surface area contributed by atoms with Crippen LogP contribution in [0.15, 0.2) is 0 Å². The molecule has 0 spiro atoms. The quantitative estimate of drug-likeness (QED) is 0.689. The fourth-order valence-electron chi connectivity index (χ4n) is 2.94. The molecule has 0 aromatic rings. The highest BCUT2D eigenvalue weighted by molar-refractivity contribution is 5.84. The van der Waals surface area contributed by atoms with Gasteiger partial charge in [-0.2, -0.15) is 0 Å². The van der Waals surface area contributed by atoms with Crippen LogP contribution in [0.2, 0.25) is 0 Å². The van der Waals surface area contributed by atoms with Crippen molar-refractivity contribution >= 4 is 5.91 Å². The second kappa shape index (κ2) is 6.87. The molecular weight excluding hydrogens is 254 g/mol. The molecule has 0 radical (unpaired) electrons. The number of nitrogens with two attached hydrogens (primary N) is 1. The zero-order chi connectivity index (χ0) is 14.6. The number of carbonyl (C=O) groups excluding carboxylic acids is 1. The molecule has 0 bridgehead atoms. The van der Waals surface area contributed by atoms with Crippen molar-refractivity contribution in [1.82, 2.24) is 10.2 Å². The summed E-state index contributed by atoms with van der Waals surface area (Å²) in [5.74, 6) is 0.474. The Morgan fingerprint density at radius 2 is 2.00 bits per heavy atom. The van der Waals surface area contributed by atoms with E-state index in [2.05, 4.69) is 10.2 Å². The smallest absolute Gasteiger partial charge is 0.237 e. The molecule has 1 saturated heterocycles. The number of hydrogen-bond donors (Lipinski definition) is 2. The predicted octanol–water partition coefficient (Wildman–Crippen LogP) is 0.731. The summed E-state index contributed by atoms with van der Waals surface area (Å²) < 4.78 is 5.22. The first-order chi connectivity index (χ1) is 9.53. The lowest BCUT2D eigenvalue weighted by Gasteiger charge is -2.35. The maximum atomic E-state index is 11.7. The van der Waals surface area contributed by atoms with Crippen LogP contribution in [0.4, 0.5) is 0 Å². The average molecular weight is 283 g/mol. The molecule has 0 aromatic heterocycles. The second-order valence-corrected chi connectivity index (χ2v) is 6.61. The molecular formula is C15H29N3O2. The summed E-state index contributed by atoms with van der Waals surface area (Å²) in [6.45, 7) is 5.97. The number of primary amides is 1. The van der Waals surface area contributed by atoms with Crippen molar-refractivity contribution in [2.45, 2.75) is 50.6 Å². The molecule has 1 heterocycles. The maximum Gasteiger partial charge on any atom is 0.237 e. The highest BCUT2D eigenvalue weighted by Crippen LogP contribution is 2.25. The van der Waals surface area contributed by atoms with Crippen molar-refractivity contribution in [1.29, 1.82) is 0 Å². The monoisotopic (exact) mass is 283 g/mol. The summed E-state index contributed by atoms with van der Waals surface area (Å²) in [4.78, 5) is 14.2. The summed E-state index contributed by atoms with van der Waals surface area (Å²) in [7, 11) is 1.77. The Labute approximate surface area is 122 Å². The Balaban J connectivity index is 1.74. The first-order valence-electron chi connectivity index (χ1n) is 7.82. The molecule has 1 saturated carbocycles. The van der Waals surface area contributed by atoms with Gasteiger partial charge in [0.2, 0.25) is 5.91 Å². The molecule has 20 heavy (non-hydrogen) atoms. The van der Waals surface area contributed by atoms with Crippen LogP contribution >= 0.6 is 0 Å². The Hall–Kier alpha value is -0.650.